The molecule has 0 aromatic carbocycles. The van der Waals surface area contributed by atoms with Crippen LogP contribution in [0.3, 0.4) is 0 Å². The van der Waals surface area contributed by atoms with E-state index >= 15 is 0 Å². The molecule has 7 heteroatoms. The molecule has 1 saturated heterocycles. The lowest BCUT2D eigenvalue weighted by Crippen LogP contribution is -2.42. The minimum Gasteiger partial charge on any atom is -0.368 e. The Labute approximate surface area is 135 Å². The van der Waals surface area contributed by atoms with Crippen LogP contribution in [-0.4, -0.2) is 50.0 Å². The largest absolute Gasteiger partial charge is 0.368 e. The molecule has 0 N–H and O–H groups in total. The maximum atomic E-state index is 12.4. The zero-order valence-corrected chi connectivity index (χ0v) is 13.3. The number of nitrogens with zero attached hydrogens (tertiary/aromatic N) is 5. The van der Waals surface area contributed by atoms with Crippen molar-refractivity contribution in [1.82, 2.24) is 24.4 Å². The summed E-state index contributed by atoms with van der Waals surface area (Å²) in [5.74, 6) is 0.888. The maximum absolute atomic E-state index is 12.4. The Morgan fingerprint density at radius 2 is 2.35 bits per heavy atom. The lowest BCUT2D eigenvalue weighted by molar-refractivity contribution is -0.139. The highest BCUT2D eigenvalue weighted by Crippen LogP contribution is 2.21. The summed E-state index contributed by atoms with van der Waals surface area (Å²) in [4.78, 5) is 26.8. The van der Waals surface area contributed by atoms with E-state index < -0.39 is 0 Å². The molecule has 7 nitrogen and oxygen atoms in total. The van der Waals surface area contributed by atoms with E-state index in [4.69, 9.17) is 4.74 Å². The summed E-state index contributed by atoms with van der Waals surface area (Å²) in [7, 11) is 0. The third-order valence-corrected chi connectivity index (χ3v) is 3.91. The van der Waals surface area contributed by atoms with Gasteiger partial charge in [0.25, 0.3) is 0 Å². The summed E-state index contributed by atoms with van der Waals surface area (Å²) < 4.78 is 7.75. The maximum Gasteiger partial charge on any atom is 0.222 e. The van der Waals surface area contributed by atoms with Crippen molar-refractivity contribution >= 4 is 5.91 Å². The number of carbonyl (C=O) groups is 1. The number of rotatable bonds is 5. The van der Waals surface area contributed by atoms with Gasteiger partial charge in [-0.3, -0.25) is 4.79 Å². The number of aryl methyl sites for hydroxylation is 2. The second-order valence-corrected chi connectivity index (χ2v) is 5.63. The Hall–Kier alpha value is -2.28. The van der Waals surface area contributed by atoms with Crippen LogP contribution in [0.4, 0.5) is 0 Å². The fraction of sp³-hybridized carbons (Fsp3) is 0.500. The molecule has 1 amide bonds. The average molecular weight is 315 g/mol. The van der Waals surface area contributed by atoms with Gasteiger partial charge in [-0.05, 0) is 19.4 Å². The van der Waals surface area contributed by atoms with Crippen molar-refractivity contribution in [2.45, 2.75) is 32.4 Å². The van der Waals surface area contributed by atoms with Crippen molar-refractivity contribution in [2.24, 2.45) is 0 Å². The van der Waals surface area contributed by atoms with Gasteiger partial charge in [-0.1, -0.05) is 0 Å². The van der Waals surface area contributed by atoms with Crippen molar-refractivity contribution in [3.63, 3.8) is 0 Å². The van der Waals surface area contributed by atoms with E-state index in [9.17, 15) is 4.79 Å². The van der Waals surface area contributed by atoms with Gasteiger partial charge < -0.3 is 14.2 Å². The molecule has 0 radical (unpaired) electrons. The standard InChI is InChI=1S/C16H21N5O2/c1-13-18-5-4-14(19-13)15-11-21(9-10-23-15)16(22)3-2-7-20-8-6-17-12-20/h4-6,8,12,15H,2-3,7,9-11H2,1H3. The van der Waals surface area contributed by atoms with Gasteiger partial charge in [0.2, 0.25) is 5.91 Å². The van der Waals surface area contributed by atoms with Gasteiger partial charge in [0.15, 0.2) is 0 Å². The van der Waals surface area contributed by atoms with Crippen molar-refractivity contribution in [1.29, 1.82) is 0 Å². The van der Waals surface area contributed by atoms with Gasteiger partial charge >= 0.3 is 0 Å². The fourth-order valence-corrected chi connectivity index (χ4v) is 2.70. The lowest BCUT2D eigenvalue weighted by Gasteiger charge is -2.32. The van der Waals surface area contributed by atoms with E-state index in [0.717, 1.165) is 24.5 Å². The van der Waals surface area contributed by atoms with Crippen LogP contribution < -0.4 is 0 Å². The molecular weight excluding hydrogens is 294 g/mol. The number of aromatic nitrogens is 4. The zero-order chi connectivity index (χ0) is 16.1. The van der Waals surface area contributed by atoms with Crippen molar-refractivity contribution in [2.75, 3.05) is 19.7 Å². The monoisotopic (exact) mass is 315 g/mol. The normalized spacial score (nSPS) is 18.1. The molecule has 3 heterocycles. The number of amides is 1. The van der Waals surface area contributed by atoms with Crippen molar-refractivity contribution < 1.29 is 9.53 Å². The number of imidazole rings is 1. The van der Waals surface area contributed by atoms with Crippen LogP contribution in [-0.2, 0) is 16.1 Å². The first-order chi connectivity index (χ1) is 11.2. The van der Waals surface area contributed by atoms with Gasteiger partial charge in [0.05, 0.1) is 25.2 Å². The molecule has 1 aliphatic rings. The van der Waals surface area contributed by atoms with E-state index in [1.165, 1.54) is 0 Å². The minimum absolute atomic E-state index is 0.164. The van der Waals surface area contributed by atoms with E-state index in [1.807, 2.05) is 28.7 Å². The first-order valence-electron chi connectivity index (χ1n) is 7.87. The van der Waals surface area contributed by atoms with Gasteiger partial charge in [-0.2, -0.15) is 0 Å². The molecule has 3 rings (SSSR count). The second kappa shape index (κ2) is 7.32. The third kappa shape index (κ3) is 4.13. The number of carbonyl (C=O) groups excluding carboxylic acids is 1. The smallest absolute Gasteiger partial charge is 0.222 e. The van der Waals surface area contributed by atoms with Crippen molar-refractivity contribution in [3.05, 3.63) is 42.5 Å². The molecule has 1 atom stereocenters. The highest BCUT2D eigenvalue weighted by molar-refractivity contribution is 5.76. The fourth-order valence-electron chi connectivity index (χ4n) is 2.70. The van der Waals surface area contributed by atoms with E-state index in [1.54, 1.807) is 18.7 Å². The van der Waals surface area contributed by atoms with Gasteiger partial charge in [-0.25, -0.2) is 15.0 Å². The van der Waals surface area contributed by atoms with Crippen LogP contribution in [0.15, 0.2) is 31.0 Å². The van der Waals surface area contributed by atoms with Crippen LogP contribution in [0, 0.1) is 6.92 Å². The first-order valence-corrected chi connectivity index (χ1v) is 7.87. The molecule has 122 valence electrons. The first kappa shape index (κ1) is 15.6. The number of hydrogen-bond donors (Lipinski definition) is 0. The van der Waals surface area contributed by atoms with Crippen LogP contribution >= 0.6 is 0 Å². The molecular formula is C16H21N5O2. The van der Waals surface area contributed by atoms with E-state index in [0.29, 0.717) is 26.1 Å². The molecule has 23 heavy (non-hydrogen) atoms. The lowest BCUT2D eigenvalue weighted by atomic mass is 10.1. The minimum atomic E-state index is -0.164. The molecule has 1 fully saturated rings. The molecule has 0 saturated carbocycles. The SMILES string of the molecule is Cc1nccc(C2CN(C(=O)CCCn3ccnc3)CCO2)n1. The van der Waals surface area contributed by atoms with Crippen LogP contribution in [0.25, 0.3) is 0 Å². The molecule has 0 bridgehead atoms. The summed E-state index contributed by atoms with van der Waals surface area (Å²) in [5, 5.41) is 0. The highest BCUT2D eigenvalue weighted by atomic mass is 16.5. The quantitative estimate of drug-likeness (QED) is 0.833. The highest BCUT2D eigenvalue weighted by Gasteiger charge is 2.26. The summed E-state index contributed by atoms with van der Waals surface area (Å²) in [5.41, 5.74) is 0.841. The van der Waals surface area contributed by atoms with Gasteiger partial charge in [0, 0.05) is 38.1 Å². The molecule has 0 aliphatic carbocycles. The Bertz CT molecular complexity index is 644. The number of morpholine rings is 1. The van der Waals surface area contributed by atoms with Crippen LogP contribution in [0.5, 0.6) is 0 Å². The Morgan fingerprint density at radius 3 is 3.13 bits per heavy atom. The molecule has 0 spiro atoms. The van der Waals surface area contributed by atoms with Gasteiger partial charge in [0.1, 0.15) is 11.9 Å². The Morgan fingerprint density at radius 1 is 1.43 bits per heavy atom. The topological polar surface area (TPSA) is 73.1 Å². The predicted molar refractivity (Wildman–Crippen MR) is 83.5 cm³/mol. The van der Waals surface area contributed by atoms with Crippen LogP contribution in [0.1, 0.15) is 30.5 Å². The van der Waals surface area contributed by atoms with E-state index in [-0.39, 0.29) is 12.0 Å². The van der Waals surface area contributed by atoms with Gasteiger partial charge in [-0.15, -0.1) is 0 Å². The zero-order valence-electron chi connectivity index (χ0n) is 13.3. The molecule has 1 unspecified atom stereocenters. The summed E-state index contributed by atoms with van der Waals surface area (Å²) >= 11 is 0. The number of hydrogen-bond acceptors (Lipinski definition) is 5. The third-order valence-electron chi connectivity index (χ3n) is 3.91. The number of ether oxygens (including phenoxy) is 1. The Kier molecular flexibility index (Phi) is 4.97. The summed E-state index contributed by atoms with van der Waals surface area (Å²) in [6, 6.07) is 1.85. The van der Waals surface area contributed by atoms with Crippen molar-refractivity contribution in [3.8, 4) is 0 Å². The molecule has 2 aromatic rings. The molecule has 2 aromatic heterocycles. The Balaban J connectivity index is 1.52. The molecule has 1 aliphatic heterocycles. The second-order valence-electron chi connectivity index (χ2n) is 5.63. The summed E-state index contributed by atoms with van der Waals surface area (Å²) in [6.07, 6.45) is 8.34. The summed E-state index contributed by atoms with van der Waals surface area (Å²) in [6.45, 7) is 4.40. The predicted octanol–water partition coefficient (Wildman–Crippen LogP) is 1.36. The van der Waals surface area contributed by atoms with E-state index in [2.05, 4.69) is 15.0 Å². The average Bonchev–Trinajstić information content (AvgIpc) is 3.08. The van der Waals surface area contributed by atoms with Crippen LogP contribution in [0.2, 0.25) is 0 Å².